The second-order valence-corrected chi connectivity index (χ2v) is 6.04. The van der Waals surface area contributed by atoms with E-state index >= 15 is 0 Å². The van der Waals surface area contributed by atoms with Crippen molar-refractivity contribution >= 4 is 23.9 Å². The van der Waals surface area contributed by atoms with E-state index in [1.807, 2.05) is 27.7 Å². The molecule has 0 radical (unpaired) electrons. The molecule has 1 saturated heterocycles. The van der Waals surface area contributed by atoms with Gasteiger partial charge in [0, 0.05) is 18.0 Å². The van der Waals surface area contributed by atoms with Crippen LogP contribution in [0.5, 0.6) is 0 Å². The molecule has 0 unspecified atom stereocenters. The third-order valence-corrected chi connectivity index (χ3v) is 4.05. The fraction of sp³-hybridized carbons (Fsp3) is 0.667. The van der Waals surface area contributed by atoms with E-state index in [1.165, 1.54) is 6.07 Å². The highest BCUT2D eigenvalue weighted by Gasteiger charge is 2.52. The molecule has 2 heterocycles. The second kappa shape index (κ2) is 3.59. The van der Waals surface area contributed by atoms with Crippen molar-refractivity contribution in [3.63, 3.8) is 0 Å². The Kier molecular flexibility index (Phi) is 1.47. The highest BCUT2D eigenvalue weighted by atomic mass is 32.1. The summed E-state index contributed by atoms with van der Waals surface area (Å²) < 4.78 is 57.1. The van der Waals surface area contributed by atoms with E-state index in [0.29, 0.717) is 0 Å². The summed E-state index contributed by atoms with van der Waals surface area (Å²) in [6.07, 6.45) is 0. The van der Waals surface area contributed by atoms with Crippen LogP contribution in [0.3, 0.4) is 0 Å². The average molecular weight is 244 g/mol. The van der Waals surface area contributed by atoms with Crippen molar-refractivity contribution in [1.29, 1.82) is 0 Å². The quantitative estimate of drug-likeness (QED) is 0.707. The Hall–Kier alpha value is -0.315. The van der Waals surface area contributed by atoms with Crippen LogP contribution >= 0.6 is 11.3 Å². The molecule has 4 heteroatoms. The molecule has 1 aromatic heterocycles. The summed E-state index contributed by atoms with van der Waals surface area (Å²) in [6, 6.07) is 1.38. The number of aryl methyl sites for hydroxylation is 2. The van der Waals surface area contributed by atoms with E-state index in [1.54, 1.807) is 0 Å². The van der Waals surface area contributed by atoms with Gasteiger partial charge in [0.1, 0.15) is 0 Å². The minimum atomic E-state index is -2.41. The molecule has 0 aliphatic carbocycles. The van der Waals surface area contributed by atoms with Crippen molar-refractivity contribution in [2.45, 2.75) is 52.6 Å². The molecule has 0 atom stereocenters. The number of hydrogen-bond acceptors (Lipinski definition) is 3. The van der Waals surface area contributed by atoms with Gasteiger partial charge in [-0.25, -0.2) is 0 Å². The summed E-state index contributed by atoms with van der Waals surface area (Å²) in [4.78, 5) is 0.0421. The van der Waals surface area contributed by atoms with E-state index in [2.05, 4.69) is 0 Å². The van der Waals surface area contributed by atoms with Crippen LogP contribution < -0.4 is 5.46 Å². The van der Waals surface area contributed by atoms with Gasteiger partial charge in [-0.15, -0.1) is 11.3 Å². The zero-order valence-electron chi connectivity index (χ0n) is 15.9. The minimum Gasteiger partial charge on any atom is -0.399 e. The van der Waals surface area contributed by atoms with Gasteiger partial charge in [0.2, 0.25) is 0 Å². The largest absolute Gasteiger partial charge is 0.495 e. The van der Waals surface area contributed by atoms with E-state index < -0.39 is 32.0 Å². The Bertz CT molecular complexity index is 559. The summed E-state index contributed by atoms with van der Waals surface area (Å²) in [6.45, 7) is 2.68. The lowest BCUT2D eigenvalue weighted by molar-refractivity contribution is 0.00578. The van der Waals surface area contributed by atoms with E-state index in [0.717, 1.165) is 11.3 Å². The van der Waals surface area contributed by atoms with Crippen molar-refractivity contribution in [2.75, 3.05) is 0 Å². The Morgan fingerprint density at radius 3 is 2.31 bits per heavy atom. The fourth-order valence-corrected chi connectivity index (χ4v) is 2.23. The van der Waals surface area contributed by atoms with Crippen molar-refractivity contribution in [3.8, 4) is 0 Å². The molecule has 0 N–H and O–H groups in total. The van der Waals surface area contributed by atoms with Crippen LogP contribution in [0.25, 0.3) is 0 Å². The van der Waals surface area contributed by atoms with Crippen molar-refractivity contribution in [1.82, 2.24) is 0 Å². The summed E-state index contributed by atoms with van der Waals surface area (Å²) in [5.41, 5.74) is -0.952. The first kappa shape index (κ1) is 6.57. The number of rotatable bonds is 1. The molecular weight excluding hydrogens is 219 g/mol. The van der Waals surface area contributed by atoms with Gasteiger partial charge < -0.3 is 9.31 Å². The molecule has 2 nitrogen and oxygen atoms in total. The van der Waals surface area contributed by atoms with Gasteiger partial charge in [0.15, 0.2) is 0 Å². The van der Waals surface area contributed by atoms with E-state index in [4.69, 9.17) is 17.5 Å². The molecule has 1 aromatic rings. The lowest BCUT2D eigenvalue weighted by Crippen LogP contribution is -2.41. The van der Waals surface area contributed by atoms with Crippen LogP contribution in [0.1, 0.15) is 45.7 Å². The highest BCUT2D eigenvalue weighted by Crippen LogP contribution is 2.37. The third-order valence-electron chi connectivity index (χ3n) is 3.27. The molecule has 0 spiro atoms. The number of hydrogen-bond donors (Lipinski definition) is 0. The van der Waals surface area contributed by atoms with Crippen LogP contribution in [-0.2, 0) is 9.31 Å². The molecule has 2 rings (SSSR count). The highest BCUT2D eigenvalue weighted by molar-refractivity contribution is 7.13. The van der Waals surface area contributed by atoms with Crippen molar-refractivity contribution in [2.24, 2.45) is 0 Å². The number of thiophene rings is 1. The zero-order valence-corrected chi connectivity index (χ0v) is 10.7. The summed E-state index contributed by atoms with van der Waals surface area (Å²) >= 11 is 0.776. The second-order valence-electron chi connectivity index (χ2n) is 4.98. The smallest absolute Gasteiger partial charge is 0.399 e. The van der Waals surface area contributed by atoms with Gasteiger partial charge in [-0.3, -0.25) is 0 Å². The van der Waals surface area contributed by atoms with Crippen LogP contribution in [0, 0.1) is 13.7 Å². The first-order valence-electron chi connectivity index (χ1n) is 8.15. The Balaban J connectivity index is 2.50. The van der Waals surface area contributed by atoms with Crippen LogP contribution in [0.4, 0.5) is 0 Å². The first-order chi connectivity index (χ1) is 9.65. The van der Waals surface area contributed by atoms with Crippen molar-refractivity contribution in [3.05, 3.63) is 15.8 Å². The third kappa shape index (κ3) is 1.83. The molecule has 1 fully saturated rings. The zero-order chi connectivity index (χ0) is 17.1. The maximum Gasteiger partial charge on any atom is 0.495 e. The van der Waals surface area contributed by atoms with Crippen molar-refractivity contribution < 1.29 is 17.5 Å². The van der Waals surface area contributed by atoms with Gasteiger partial charge in [-0.05, 0) is 52.9 Å². The molecule has 0 aromatic carbocycles. The van der Waals surface area contributed by atoms with E-state index in [-0.39, 0.29) is 15.2 Å². The topological polar surface area (TPSA) is 18.5 Å². The van der Waals surface area contributed by atoms with Gasteiger partial charge in [-0.1, -0.05) is 0 Å². The lowest BCUT2D eigenvalue weighted by atomic mass is 9.79. The molecule has 0 amide bonds. The molecule has 0 saturated carbocycles. The van der Waals surface area contributed by atoms with Gasteiger partial charge >= 0.3 is 7.12 Å². The maximum atomic E-state index is 7.64. The minimum absolute atomic E-state index is 0.0112. The van der Waals surface area contributed by atoms with Crippen LogP contribution in [0.15, 0.2) is 6.07 Å². The van der Waals surface area contributed by atoms with Gasteiger partial charge in [0.05, 0.1) is 11.2 Å². The lowest BCUT2D eigenvalue weighted by Gasteiger charge is -2.32. The molecule has 16 heavy (non-hydrogen) atoms. The molecule has 1 aliphatic heterocycles. The van der Waals surface area contributed by atoms with Crippen LogP contribution in [-0.4, -0.2) is 18.3 Å². The summed E-state index contributed by atoms with van der Waals surface area (Å²) in [5.74, 6) is 0. The summed E-state index contributed by atoms with van der Waals surface area (Å²) in [7, 11) is -0.882. The predicted octanol–water partition coefficient (Wildman–Crippen LogP) is 2.66. The molecule has 0 bridgehead atoms. The van der Waals surface area contributed by atoms with Crippen LogP contribution in [0.2, 0.25) is 0 Å². The Labute approximate surface area is 111 Å². The Morgan fingerprint density at radius 1 is 1.19 bits per heavy atom. The average Bonchev–Trinajstić information content (AvgIpc) is 2.77. The maximum absolute atomic E-state index is 7.64. The fourth-order valence-electron chi connectivity index (χ4n) is 1.55. The normalized spacial score (nSPS) is 29.9. The van der Waals surface area contributed by atoms with E-state index in [9.17, 15) is 0 Å². The molecular formula is C12H19BO2S. The van der Waals surface area contributed by atoms with Gasteiger partial charge in [0.25, 0.3) is 0 Å². The molecule has 1 aliphatic rings. The standard InChI is InChI=1S/C12H19BO2S/c1-8-7-10(9(2)16-8)13-14-11(3,4)12(5,6)15-13/h7H,1-6H3/i1D3,2D3. The SMILES string of the molecule is [2H]C([2H])([2H])c1cc(B2OC(C)(C)C(C)(C)O2)c(C([2H])([2H])[2H])s1. The molecule has 88 valence electrons. The monoisotopic (exact) mass is 244 g/mol. The summed E-state index contributed by atoms with van der Waals surface area (Å²) in [5, 5.41) is 0. The van der Waals surface area contributed by atoms with Gasteiger partial charge in [-0.2, -0.15) is 0 Å². The first-order valence-corrected chi connectivity index (χ1v) is 5.97. The Morgan fingerprint density at radius 2 is 1.81 bits per heavy atom. The predicted molar refractivity (Wildman–Crippen MR) is 69.5 cm³/mol.